The number of nitrogens with one attached hydrogen (secondary N) is 1. The summed E-state index contributed by atoms with van der Waals surface area (Å²) in [7, 11) is 1.60. The molecule has 5 heteroatoms. The van der Waals surface area contributed by atoms with Crippen molar-refractivity contribution in [3.8, 4) is 11.3 Å². The Labute approximate surface area is 145 Å². The highest BCUT2D eigenvalue weighted by Crippen LogP contribution is 2.25. The highest BCUT2D eigenvalue weighted by molar-refractivity contribution is 6.30. The summed E-state index contributed by atoms with van der Waals surface area (Å²) < 4.78 is 4.98. The first-order valence-corrected chi connectivity index (χ1v) is 7.99. The zero-order chi connectivity index (χ0) is 16.9. The summed E-state index contributed by atoms with van der Waals surface area (Å²) in [5, 5.41) is 4.36. The number of amides is 1. The summed E-state index contributed by atoms with van der Waals surface area (Å²) in [5.74, 6) is -0.138. The van der Waals surface area contributed by atoms with Gasteiger partial charge in [-0.3, -0.25) is 4.79 Å². The fourth-order valence-corrected chi connectivity index (χ4v) is 2.62. The number of methoxy groups -OCH3 is 1. The highest BCUT2D eigenvalue weighted by Gasteiger charge is 2.13. The van der Waals surface area contributed by atoms with Crippen LogP contribution in [0.5, 0.6) is 0 Å². The zero-order valence-electron chi connectivity index (χ0n) is 13.3. The summed E-state index contributed by atoms with van der Waals surface area (Å²) in [5.41, 5.74) is 3.03. The lowest BCUT2D eigenvalue weighted by Gasteiger charge is -2.10. The fourth-order valence-electron chi connectivity index (χ4n) is 2.49. The summed E-state index contributed by atoms with van der Waals surface area (Å²) >= 11 is 5.95. The van der Waals surface area contributed by atoms with Crippen LogP contribution in [0, 0.1) is 0 Å². The standard InChI is InChI=1S/C19H17ClN2O2/c1-24-11-10-21-19(23)16-12-18(13-6-8-14(20)9-7-13)22-17-5-3-2-4-15(16)17/h2-9,12H,10-11H2,1H3,(H,21,23). The number of halogens is 1. The molecule has 0 aliphatic heterocycles. The van der Waals surface area contributed by atoms with Crippen molar-refractivity contribution in [2.24, 2.45) is 0 Å². The van der Waals surface area contributed by atoms with Gasteiger partial charge in [0.05, 0.1) is 23.4 Å². The van der Waals surface area contributed by atoms with Crippen molar-refractivity contribution in [3.05, 3.63) is 65.2 Å². The Morgan fingerprint density at radius 3 is 2.67 bits per heavy atom. The quantitative estimate of drug-likeness (QED) is 0.716. The minimum absolute atomic E-state index is 0.138. The number of fused-ring (bicyclic) bond motifs is 1. The molecule has 122 valence electrons. The van der Waals surface area contributed by atoms with Crippen LogP contribution in [0.3, 0.4) is 0 Å². The number of ether oxygens (including phenoxy) is 1. The Morgan fingerprint density at radius 2 is 1.92 bits per heavy atom. The third-order valence-electron chi connectivity index (χ3n) is 3.69. The van der Waals surface area contributed by atoms with E-state index in [0.717, 1.165) is 22.2 Å². The molecule has 0 bridgehead atoms. The van der Waals surface area contributed by atoms with Gasteiger partial charge in [0, 0.05) is 29.6 Å². The first kappa shape index (κ1) is 16.4. The predicted molar refractivity (Wildman–Crippen MR) is 96.4 cm³/mol. The first-order chi connectivity index (χ1) is 11.7. The van der Waals surface area contributed by atoms with Gasteiger partial charge in [0.2, 0.25) is 0 Å². The van der Waals surface area contributed by atoms with Gasteiger partial charge in [-0.25, -0.2) is 4.98 Å². The number of hydrogen-bond donors (Lipinski definition) is 1. The van der Waals surface area contributed by atoms with Crippen molar-refractivity contribution < 1.29 is 9.53 Å². The van der Waals surface area contributed by atoms with Crippen LogP contribution in [-0.2, 0) is 4.74 Å². The van der Waals surface area contributed by atoms with E-state index in [1.807, 2.05) is 54.6 Å². The van der Waals surface area contributed by atoms with E-state index in [1.165, 1.54) is 0 Å². The molecular formula is C19H17ClN2O2. The lowest BCUT2D eigenvalue weighted by molar-refractivity contribution is 0.0938. The van der Waals surface area contributed by atoms with Gasteiger partial charge >= 0.3 is 0 Å². The molecule has 0 atom stereocenters. The van der Waals surface area contributed by atoms with E-state index in [9.17, 15) is 4.79 Å². The molecule has 0 unspecified atom stereocenters. The molecule has 3 rings (SSSR count). The maximum atomic E-state index is 12.6. The van der Waals surface area contributed by atoms with Gasteiger partial charge in [-0.15, -0.1) is 0 Å². The molecule has 0 fully saturated rings. The van der Waals surface area contributed by atoms with Crippen LogP contribution < -0.4 is 5.32 Å². The number of carbonyl (C=O) groups is 1. The van der Waals surface area contributed by atoms with E-state index in [2.05, 4.69) is 10.3 Å². The number of benzene rings is 2. The second kappa shape index (κ2) is 7.43. The second-order valence-corrected chi connectivity index (χ2v) is 5.76. The number of carbonyl (C=O) groups excluding carboxylic acids is 1. The molecule has 2 aromatic carbocycles. The van der Waals surface area contributed by atoms with Gasteiger partial charge < -0.3 is 10.1 Å². The molecule has 0 aliphatic carbocycles. The zero-order valence-corrected chi connectivity index (χ0v) is 14.0. The largest absolute Gasteiger partial charge is 0.383 e. The Morgan fingerprint density at radius 1 is 1.17 bits per heavy atom. The van der Waals surface area contributed by atoms with Crippen molar-refractivity contribution in [1.82, 2.24) is 10.3 Å². The SMILES string of the molecule is COCCNC(=O)c1cc(-c2ccc(Cl)cc2)nc2ccccc12. The fraction of sp³-hybridized carbons (Fsp3) is 0.158. The summed E-state index contributed by atoms with van der Waals surface area (Å²) in [4.78, 5) is 17.2. The Balaban J connectivity index is 2.05. The van der Waals surface area contributed by atoms with Gasteiger partial charge in [0.15, 0.2) is 0 Å². The molecular weight excluding hydrogens is 324 g/mol. The first-order valence-electron chi connectivity index (χ1n) is 7.62. The number of nitrogens with zero attached hydrogens (tertiary/aromatic N) is 1. The van der Waals surface area contributed by atoms with Gasteiger partial charge in [-0.2, -0.15) is 0 Å². The van der Waals surface area contributed by atoms with Crippen LogP contribution in [0.25, 0.3) is 22.2 Å². The van der Waals surface area contributed by atoms with E-state index in [-0.39, 0.29) is 5.91 Å². The van der Waals surface area contributed by atoms with Gasteiger partial charge in [0.25, 0.3) is 5.91 Å². The number of aromatic nitrogens is 1. The molecule has 1 heterocycles. The van der Waals surface area contributed by atoms with Crippen LogP contribution in [0.15, 0.2) is 54.6 Å². The van der Waals surface area contributed by atoms with E-state index < -0.39 is 0 Å². The maximum absolute atomic E-state index is 12.6. The third-order valence-corrected chi connectivity index (χ3v) is 3.94. The normalized spacial score (nSPS) is 10.8. The van der Waals surface area contributed by atoms with Crippen molar-refractivity contribution in [2.75, 3.05) is 20.3 Å². The molecule has 0 spiro atoms. The average Bonchev–Trinajstić information content (AvgIpc) is 2.61. The smallest absolute Gasteiger partial charge is 0.252 e. The lowest BCUT2D eigenvalue weighted by atomic mass is 10.0. The lowest BCUT2D eigenvalue weighted by Crippen LogP contribution is -2.27. The Kier molecular flexibility index (Phi) is 5.08. The van der Waals surface area contributed by atoms with Crippen LogP contribution in [-0.4, -0.2) is 31.2 Å². The summed E-state index contributed by atoms with van der Waals surface area (Å²) in [6.07, 6.45) is 0. The molecule has 1 N–H and O–H groups in total. The molecule has 0 radical (unpaired) electrons. The monoisotopic (exact) mass is 340 g/mol. The van der Waals surface area contributed by atoms with Crippen LogP contribution in [0.1, 0.15) is 10.4 Å². The van der Waals surface area contributed by atoms with Gasteiger partial charge in [-0.05, 0) is 24.3 Å². The summed E-state index contributed by atoms with van der Waals surface area (Å²) in [6, 6.07) is 16.8. The van der Waals surface area contributed by atoms with Crippen molar-refractivity contribution in [1.29, 1.82) is 0 Å². The van der Waals surface area contributed by atoms with Gasteiger partial charge in [0.1, 0.15) is 0 Å². The Bertz CT molecular complexity index is 863. The number of rotatable bonds is 5. The molecule has 4 nitrogen and oxygen atoms in total. The molecule has 1 amide bonds. The summed E-state index contributed by atoms with van der Waals surface area (Å²) in [6.45, 7) is 0.932. The van der Waals surface area contributed by atoms with Crippen molar-refractivity contribution in [3.63, 3.8) is 0 Å². The van der Waals surface area contributed by atoms with E-state index in [1.54, 1.807) is 7.11 Å². The van der Waals surface area contributed by atoms with Crippen LogP contribution >= 0.6 is 11.6 Å². The molecule has 0 aliphatic rings. The molecule has 24 heavy (non-hydrogen) atoms. The molecule has 0 saturated carbocycles. The Hall–Kier alpha value is -2.43. The van der Waals surface area contributed by atoms with Crippen molar-refractivity contribution in [2.45, 2.75) is 0 Å². The average molecular weight is 341 g/mol. The van der Waals surface area contributed by atoms with E-state index in [0.29, 0.717) is 23.7 Å². The minimum atomic E-state index is -0.138. The van der Waals surface area contributed by atoms with Crippen LogP contribution in [0.2, 0.25) is 5.02 Å². The van der Waals surface area contributed by atoms with E-state index in [4.69, 9.17) is 16.3 Å². The molecule has 3 aromatic rings. The number of hydrogen-bond acceptors (Lipinski definition) is 3. The second-order valence-electron chi connectivity index (χ2n) is 5.33. The predicted octanol–water partition coefficient (Wildman–Crippen LogP) is 3.93. The number of pyridine rings is 1. The van der Waals surface area contributed by atoms with Crippen LogP contribution in [0.4, 0.5) is 0 Å². The minimum Gasteiger partial charge on any atom is -0.383 e. The number of para-hydroxylation sites is 1. The topological polar surface area (TPSA) is 51.2 Å². The van der Waals surface area contributed by atoms with E-state index >= 15 is 0 Å². The molecule has 0 saturated heterocycles. The highest BCUT2D eigenvalue weighted by atomic mass is 35.5. The molecule has 1 aromatic heterocycles. The van der Waals surface area contributed by atoms with Gasteiger partial charge in [-0.1, -0.05) is 41.9 Å². The maximum Gasteiger partial charge on any atom is 0.252 e. The van der Waals surface area contributed by atoms with Crippen molar-refractivity contribution >= 4 is 28.4 Å². The third kappa shape index (κ3) is 3.55.